The zero-order valence-electron chi connectivity index (χ0n) is 8.85. The molecule has 2 aromatic rings. The Morgan fingerprint density at radius 3 is 2.75 bits per heavy atom. The molecule has 4 nitrogen and oxygen atoms in total. The van der Waals surface area contributed by atoms with Gasteiger partial charge < -0.3 is 4.74 Å². The van der Waals surface area contributed by atoms with Crippen LogP contribution in [0.2, 0.25) is 0 Å². The average molecular weight is 300 g/mol. The van der Waals surface area contributed by atoms with Gasteiger partial charge in [-0.15, -0.1) is 10.2 Å². The monoisotopic (exact) mass is 299 g/mol. The topological polar surface area (TPSA) is 47.9 Å². The molecule has 0 aliphatic rings. The number of rotatable bonds is 3. The third-order valence-corrected chi connectivity index (χ3v) is 3.14. The highest BCUT2D eigenvalue weighted by atomic mass is 79.9. The number of pyridine rings is 1. The number of halogens is 1. The molecule has 6 heteroatoms. The maximum absolute atomic E-state index is 5.57. The van der Waals surface area contributed by atoms with E-state index in [0.29, 0.717) is 0 Å². The SMILES string of the molecule is CC(C)Oc1cncc(-c2nnc(Br)s2)c1. The van der Waals surface area contributed by atoms with Crippen molar-refractivity contribution in [2.45, 2.75) is 20.0 Å². The summed E-state index contributed by atoms with van der Waals surface area (Å²) in [5.74, 6) is 0.749. The second-order valence-corrected chi connectivity index (χ2v) is 5.69. The highest BCUT2D eigenvalue weighted by Crippen LogP contribution is 2.28. The van der Waals surface area contributed by atoms with Crippen molar-refractivity contribution in [3.63, 3.8) is 0 Å². The van der Waals surface area contributed by atoms with Crippen LogP contribution in [0.4, 0.5) is 0 Å². The standard InChI is InChI=1S/C10H10BrN3OS/c1-6(2)15-8-3-7(4-12-5-8)9-13-14-10(11)16-9/h3-6H,1-2H3. The number of hydrogen-bond donors (Lipinski definition) is 0. The van der Waals surface area contributed by atoms with Crippen molar-refractivity contribution in [1.82, 2.24) is 15.2 Å². The molecule has 2 rings (SSSR count). The predicted molar refractivity (Wildman–Crippen MR) is 66.6 cm³/mol. The highest BCUT2D eigenvalue weighted by molar-refractivity contribution is 9.11. The largest absolute Gasteiger partial charge is 0.489 e. The Morgan fingerprint density at radius 2 is 2.12 bits per heavy atom. The maximum atomic E-state index is 5.57. The van der Waals surface area contributed by atoms with Crippen LogP contribution < -0.4 is 4.74 Å². The Morgan fingerprint density at radius 1 is 1.31 bits per heavy atom. The van der Waals surface area contributed by atoms with Crippen molar-refractivity contribution in [1.29, 1.82) is 0 Å². The summed E-state index contributed by atoms with van der Waals surface area (Å²) in [6.45, 7) is 3.96. The van der Waals surface area contributed by atoms with Gasteiger partial charge in [0.15, 0.2) is 3.92 Å². The minimum absolute atomic E-state index is 0.137. The van der Waals surface area contributed by atoms with Gasteiger partial charge in [-0.2, -0.15) is 0 Å². The fraction of sp³-hybridized carbons (Fsp3) is 0.300. The zero-order chi connectivity index (χ0) is 11.5. The van der Waals surface area contributed by atoms with E-state index in [4.69, 9.17) is 4.74 Å². The van der Waals surface area contributed by atoms with E-state index in [1.807, 2.05) is 19.9 Å². The quantitative estimate of drug-likeness (QED) is 0.873. The molecule has 0 aliphatic heterocycles. The molecule has 0 fully saturated rings. The fourth-order valence-electron chi connectivity index (χ4n) is 1.19. The minimum atomic E-state index is 0.137. The summed E-state index contributed by atoms with van der Waals surface area (Å²) >= 11 is 4.75. The van der Waals surface area contributed by atoms with Crippen LogP contribution in [-0.2, 0) is 0 Å². The van der Waals surface area contributed by atoms with Gasteiger partial charge in [-0.3, -0.25) is 4.98 Å². The van der Waals surface area contributed by atoms with Gasteiger partial charge in [-0.25, -0.2) is 0 Å². The Bertz CT molecular complexity index is 486. The van der Waals surface area contributed by atoms with Crippen LogP contribution >= 0.6 is 27.3 Å². The summed E-state index contributed by atoms with van der Waals surface area (Å²) in [4.78, 5) is 4.12. The van der Waals surface area contributed by atoms with E-state index in [1.165, 1.54) is 11.3 Å². The molecule has 0 unspecified atom stereocenters. The molecule has 2 heterocycles. The van der Waals surface area contributed by atoms with Gasteiger partial charge in [0.25, 0.3) is 0 Å². The molecular formula is C10H10BrN3OS. The molecule has 0 spiro atoms. The van der Waals surface area contributed by atoms with Gasteiger partial charge in [0, 0.05) is 11.8 Å². The Balaban J connectivity index is 2.28. The normalized spacial score (nSPS) is 10.8. The lowest BCUT2D eigenvalue weighted by molar-refractivity contribution is 0.241. The van der Waals surface area contributed by atoms with Crippen LogP contribution in [0.3, 0.4) is 0 Å². The van der Waals surface area contributed by atoms with Crippen molar-refractivity contribution >= 4 is 27.3 Å². The number of ether oxygens (including phenoxy) is 1. The first-order valence-corrected chi connectivity index (χ1v) is 6.37. The van der Waals surface area contributed by atoms with Crippen molar-refractivity contribution in [2.75, 3.05) is 0 Å². The molecule has 0 aromatic carbocycles. The summed E-state index contributed by atoms with van der Waals surface area (Å²) in [6.07, 6.45) is 3.58. The van der Waals surface area contributed by atoms with Crippen LogP contribution in [0.1, 0.15) is 13.8 Å². The van der Waals surface area contributed by atoms with E-state index in [1.54, 1.807) is 12.4 Å². The van der Waals surface area contributed by atoms with E-state index in [9.17, 15) is 0 Å². The van der Waals surface area contributed by atoms with Crippen LogP contribution in [-0.4, -0.2) is 21.3 Å². The maximum Gasteiger partial charge on any atom is 0.183 e. The van der Waals surface area contributed by atoms with Gasteiger partial charge in [-0.05, 0) is 35.8 Å². The summed E-state index contributed by atoms with van der Waals surface area (Å²) < 4.78 is 6.33. The van der Waals surface area contributed by atoms with Crippen molar-refractivity contribution in [3.05, 3.63) is 22.4 Å². The molecule has 0 aliphatic carbocycles. The summed E-state index contributed by atoms with van der Waals surface area (Å²) in [7, 11) is 0. The second-order valence-electron chi connectivity index (χ2n) is 3.44. The molecule has 0 saturated heterocycles. The molecule has 2 aromatic heterocycles. The minimum Gasteiger partial charge on any atom is -0.489 e. The molecule has 16 heavy (non-hydrogen) atoms. The first-order chi connectivity index (χ1) is 7.65. The highest BCUT2D eigenvalue weighted by Gasteiger charge is 2.07. The zero-order valence-corrected chi connectivity index (χ0v) is 11.2. The molecule has 0 saturated carbocycles. The van der Waals surface area contributed by atoms with Gasteiger partial charge in [0.2, 0.25) is 0 Å². The lowest BCUT2D eigenvalue weighted by Gasteiger charge is -2.09. The van der Waals surface area contributed by atoms with E-state index in [-0.39, 0.29) is 6.10 Å². The molecule has 0 N–H and O–H groups in total. The third-order valence-electron chi connectivity index (χ3n) is 1.73. The van der Waals surface area contributed by atoms with E-state index < -0.39 is 0 Å². The second kappa shape index (κ2) is 4.88. The molecular weight excluding hydrogens is 290 g/mol. The van der Waals surface area contributed by atoms with E-state index in [2.05, 4.69) is 31.1 Å². The third kappa shape index (κ3) is 2.76. The van der Waals surface area contributed by atoms with Gasteiger partial charge in [0.05, 0.1) is 12.3 Å². The van der Waals surface area contributed by atoms with E-state index >= 15 is 0 Å². The van der Waals surface area contributed by atoms with Gasteiger partial charge >= 0.3 is 0 Å². The molecule has 0 amide bonds. The van der Waals surface area contributed by atoms with Crippen molar-refractivity contribution < 1.29 is 4.74 Å². The Hall–Kier alpha value is -1.01. The van der Waals surface area contributed by atoms with Crippen molar-refractivity contribution in [2.24, 2.45) is 0 Å². The molecule has 0 radical (unpaired) electrons. The smallest absolute Gasteiger partial charge is 0.183 e. The van der Waals surface area contributed by atoms with Crippen molar-refractivity contribution in [3.8, 4) is 16.3 Å². The van der Waals surface area contributed by atoms with E-state index in [0.717, 1.165) is 20.2 Å². The van der Waals surface area contributed by atoms with Crippen LogP contribution in [0.25, 0.3) is 10.6 Å². The lowest BCUT2D eigenvalue weighted by Crippen LogP contribution is -2.05. The Labute approximate surface area is 106 Å². The number of nitrogens with zero attached hydrogens (tertiary/aromatic N) is 3. The summed E-state index contributed by atoms with van der Waals surface area (Å²) in [5.41, 5.74) is 0.918. The average Bonchev–Trinajstić information content (AvgIpc) is 2.64. The van der Waals surface area contributed by atoms with Crippen LogP contribution in [0.15, 0.2) is 22.4 Å². The summed E-state index contributed by atoms with van der Waals surface area (Å²) in [6, 6.07) is 1.92. The number of hydrogen-bond acceptors (Lipinski definition) is 5. The van der Waals surface area contributed by atoms with Crippen LogP contribution in [0, 0.1) is 0 Å². The lowest BCUT2D eigenvalue weighted by atomic mass is 10.3. The molecule has 0 atom stereocenters. The molecule has 84 valence electrons. The van der Waals surface area contributed by atoms with Gasteiger partial charge in [0.1, 0.15) is 10.8 Å². The number of aromatic nitrogens is 3. The summed E-state index contributed by atoms with van der Waals surface area (Å²) in [5, 5.41) is 8.76. The predicted octanol–water partition coefficient (Wildman–Crippen LogP) is 3.15. The fourth-order valence-corrected chi connectivity index (χ4v) is 2.29. The Kier molecular flexibility index (Phi) is 3.50. The first kappa shape index (κ1) is 11.5. The van der Waals surface area contributed by atoms with Crippen LogP contribution in [0.5, 0.6) is 5.75 Å². The van der Waals surface area contributed by atoms with Gasteiger partial charge in [-0.1, -0.05) is 11.3 Å². The molecule has 0 bridgehead atoms. The first-order valence-electron chi connectivity index (χ1n) is 4.76.